The lowest BCUT2D eigenvalue weighted by Gasteiger charge is -2.16. The first kappa shape index (κ1) is 27.2. The fraction of sp³-hybridized carbons (Fsp3) is 0.750. The van der Waals surface area contributed by atoms with Gasteiger partial charge in [0.2, 0.25) is 0 Å². The highest BCUT2D eigenvalue weighted by molar-refractivity contribution is 5.27. The van der Waals surface area contributed by atoms with E-state index in [9.17, 15) is 0 Å². The first-order valence-corrected chi connectivity index (χ1v) is 11.1. The summed E-state index contributed by atoms with van der Waals surface area (Å²) in [5.74, 6) is 1.52. The maximum absolute atomic E-state index is 5.87. The average molecular weight is 366 g/mol. The summed E-state index contributed by atoms with van der Waals surface area (Å²) in [7, 11) is 0. The number of hydrogen-bond acceptors (Lipinski definition) is 2. The summed E-state index contributed by atoms with van der Waals surface area (Å²) in [6.07, 6.45) is 7.91. The molecule has 0 saturated carbocycles. The maximum Gasteiger partial charge on any atom is 0.119 e. The minimum atomic E-state index is 0.528. The number of hydrogen-bond donors (Lipinski definition) is 1. The normalized spacial score (nSPS) is 11.1. The number of nitrogens with one attached hydrogen (secondary N) is 1. The third-order valence-electron chi connectivity index (χ3n) is 3.90. The molecule has 0 amide bonds. The molecule has 0 heterocycles. The molecule has 1 unspecified atom stereocenters. The van der Waals surface area contributed by atoms with Crippen LogP contribution in [0.1, 0.15) is 93.1 Å². The number of benzene rings is 1. The summed E-state index contributed by atoms with van der Waals surface area (Å²) in [6.45, 7) is 18.6. The van der Waals surface area contributed by atoms with E-state index in [1.165, 1.54) is 44.1 Å². The van der Waals surface area contributed by atoms with Crippen LogP contribution in [-0.2, 0) is 6.42 Å². The lowest BCUT2D eigenvalue weighted by Crippen LogP contribution is -2.30. The van der Waals surface area contributed by atoms with Crippen molar-refractivity contribution in [2.24, 2.45) is 5.92 Å². The zero-order valence-electron chi connectivity index (χ0n) is 19.0. The smallest absolute Gasteiger partial charge is 0.119 e. The van der Waals surface area contributed by atoms with Crippen LogP contribution in [0, 0.1) is 5.92 Å². The molecule has 1 aromatic carbocycles. The van der Waals surface area contributed by atoms with Crippen LogP contribution in [-0.4, -0.2) is 19.2 Å². The molecule has 1 rings (SSSR count). The van der Waals surface area contributed by atoms with Crippen LogP contribution in [0.2, 0.25) is 0 Å². The second-order valence-electron chi connectivity index (χ2n) is 6.79. The molecule has 1 aromatic rings. The van der Waals surface area contributed by atoms with Crippen molar-refractivity contribution in [1.29, 1.82) is 0 Å². The van der Waals surface area contributed by atoms with Gasteiger partial charge in [-0.3, -0.25) is 0 Å². The highest BCUT2D eigenvalue weighted by atomic mass is 16.5. The van der Waals surface area contributed by atoms with E-state index >= 15 is 0 Å². The van der Waals surface area contributed by atoms with Gasteiger partial charge in [-0.2, -0.15) is 0 Å². The predicted octanol–water partition coefficient (Wildman–Crippen LogP) is 7.26. The zero-order valence-corrected chi connectivity index (χ0v) is 19.0. The Bertz CT molecular complexity index is 372. The van der Waals surface area contributed by atoms with Gasteiger partial charge in [-0.15, -0.1) is 0 Å². The van der Waals surface area contributed by atoms with Crippen molar-refractivity contribution in [3.05, 3.63) is 29.8 Å². The van der Waals surface area contributed by atoms with E-state index < -0.39 is 0 Å². The molecule has 26 heavy (non-hydrogen) atoms. The van der Waals surface area contributed by atoms with Crippen LogP contribution in [0.4, 0.5) is 0 Å². The van der Waals surface area contributed by atoms with E-state index in [1.807, 2.05) is 27.7 Å². The van der Waals surface area contributed by atoms with Gasteiger partial charge in [0.25, 0.3) is 0 Å². The third-order valence-corrected chi connectivity index (χ3v) is 3.90. The number of ether oxygens (including phenoxy) is 1. The quantitative estimate of drug-likeness (QED) is 0.393. The van der Waals surface area contributed by atoms with Crippen LogP contribution in [0.5, 0.6) is 5.75 Å². The molecule has 1 N–H and O–H groups in total. The van der Waals surface area contributed by atoms with Crippen molar-refractivity contribution >= 4 is 0 Å². The Balaban J connectivity index is 0. The van der Waals surface area contributed by atoms with Gasteiger partial charge < -0.3 is 10.1 Å². The predicted molar refractivity (Wildman–Crippen MR) is 119 cm³/mol. The molecule has 154 valence electrons. The Labute approximate surface area is 165 Å². The Morgan fingerprint density at radius 3 is 1.96 bits per heavy atom. The van der Waals surface area contributed by atoms with Crippen molar-refractivity contribution in [1.82, 2.24) is 5.32 Å². The summed E-state index contributed by atoms with van der Waals surface area (Å²) < 4.78 is 5.87. The fourth-order valence-electron chi connectivity index (χ4n) is 2.42. The lowest BCUT2D eigenvalue weighted by atomic mass is 10.1. The molecule has 0 bridgehead atoms. The van der Waals surface area contributed by atoms with Gasteiger partial charge >= 0.3 is 0 Å². The molecule has 0 fully saturated rings. The zero-order chi connectivity index (χ0) is 20.2. The van der Waals surface area contributed by atoms with Gasteiger partial charge in [-0.25, -0.2) is 0 Å². The van der Waals surface area contributed by atoms with Crippen LogP contribution in [0.3, 0.4) is 0 Å². The molecule has 0 aliphatic heterocycles. The molecular weight excluding hydrogens is 318 g/mol. The van der Waals surface area contributed by atoms with Crippen molar-refractivity contribution in [3.8, 4) is 5.75 Å². The second-order valence-corrected chi connectivity index (χ2v) is 6.79. The van der Waals surface area contributed by atoms with Gasteiger partial charge in [-0.1, -0.05) is 93.2 Å². The first-order valence-electron chi connectivity index (χ1n) is 11.1. The van der Waals surface area contributed by atoms with Crippen LogP contribution in [0.25, 0.3) is 0 Å². The Kier molecular flexibility index (Phi) is 21.2. The van der Waals surface area contributed by atoms with Crippen molar-refractivity contribution < 1.29 is 4.74 Å². The van der Waals surface area contributed by atoms with Crippen molar-refractivity contribution in [3.63, 3.8) is 0 Å². The van der Waals surface area contributed by atoms with Crippen LogP contribution >= 0.6 is 0 Å². The minimum Gasteiger partial charge on any atom is -0.493 e. The summed E-state index contributed by atoms with van der Waals surface area (Å²) in [4.78, 5) is 0. The third kappa shape index (κ3) is 16.4. The SMILES string of the molecule is CC.CC.CCCCCCCc1ccc(OCC(C)CNC(C)C)cc1. The van der Waals surface area contributed by atoms with Gasteiger partial charge in [0.05, 0.1) is 6.61 Å². The topological polar surface area (TPSA) is 21.3 Å². The summed E-state index contributed by atoms with van der Waals surface area (Å²) >= 11 is 0. The Morgan fingerprint density at radius 1 is 0.846 bits per heavy atom. The van der Waals surface area contributed by atoms with Gasteiger partial charge in [0.1, 0.15) is 5.75 Å². The molecule has 0 saturated heterocycles. The van der Waals surface area contributed by atoms with E-state index in [1.54, 1.807) is 0 Å². The molecule has 0 radical (unpaired) electrons. The Morgan fingerprint density at radius 2 is 1.42 bits per heavy atom. The molecule has 2 nitrogen and oxygen atoms in total. The van der Waals surface area contributed by atoms with Gasteiger partial charge in [-0.05, 0) is 30.5 Å². The highest BCUT2D eigenvalue weighted by Gasteiger charge is 2.04. The summed E-state index contributed by atoms with van der Waals surface area (Å²) in [5, 5.41) is 3.45. The monoisotopic (exact) mass is 365 g/mol. The van der Waals surface area contributed by atoms with Crippen LogP contribution in [0.15, 0.2) is 24.3 Å². The van der Waals surface area contributed by atoms with Crippen LogP contribution < -0.4 is 10.1 Å². The number of aryl methyl sites for hydroxylation is 1. The molecular formula is C24H47NO. The van der Waals surface area contributed by atoms with E-state index in [4.69, 9.17) is 4.74 Å². The molecule has 2 heteroatoms. The van der Waals surface area contributed by atoms with E-state index in [0.29, 0.717) is 12.0 Å². The lowest BCUT2D eigenvalue weighted by molar-refractivity contribution is 0.253. The molecule has 0 aromatic heterocycles. The van der Waals surface area contributed by atoms with Crippen molar-refractivity contribution in [2.45, 2.75) is 100.0 Å². The van der Waals surface area contributed by atoms with E-state index in [-0.39, 0.29) is 0 Å². The summed E-state index contributed by atoms with van der Waals surface area (Å²) in [6, 6.07) is 9.20. The highest BCUT2D eigenvalue weighted by Crippen LogP contribution is 2.15. The molecule has 0 spiro atoms. The first-order chi connectivity index (χ1) is 12.6. The largest absolute Gasteiger partial charge is 0.493 e. The maximum atomic E-state index is 5.87. The van der Waals surface area contributed by atoms with Crippen molar-refractivity contribution in [2.75, 3.05) is 13.2 Å². The van der Waals surface area contributed by atoms with Gasteiger partial charge in [0.15, 0.2) is 0 Å². The fourth-order valence-corrected chi connectivity index (χ4v) is 2.42. The molecule has 0 aliphatic carbocycles. The number of rotatable bonds is 12. The average Bonchev–Trinajstić information content (AvgIpc) is 2.68. The second kappa shape index (κ2) is 20.3. The minimum absolute atomic E-state index is 0.528. The van der Waals surface area contributed by atoms with Gasteiger partial charge in [0, 0.05) is 18.5 Å². The molecule has 1 atom stereocenters. The standard InChI is InChI=1S/C20H35NO.2C2H6/c1-5-6-7-8-9-10-19-11-13-20(14-12-19)22-16-18(4)15-21-17(2)3;2*1-2/h11-14,17-18,21H,5-10,15-16H2,1-4H3;2*1-2H3. The van der Waals surface area contributed by atoms with E-state index in [2.05, 4.69) is 57.3 Å². The molecule has 0 aliphatic rings. The number of unbranched alkanes of at least 4 members (excludes halogenated alkanes) is 4. The summed E-state index contributed by atoms with van der Waals surface area (Å²) in [5.41, 5.74) is 1.43. The van der Waals surface area contributed by atoms with E-state index in [0.717, 1.165) is 18.9 Å². The Hall–Kier alpha value is -1.02.